The number of methoxy groups -OCH3 is 2. The number of urea groups is 1. The first-order valence-corrected chi connectivity index (χ1v) is 14.4. The van der Waals surface area contributed by atoms with Crippen LogP contribution in [0.4, 0.5) is 29.3 Å². The second-order valence-corrected chi connectivity index (χ2v) is 11.6. The Morgan fingerprint density at radius 2 is 1.35 bits per heavy atom. The van der Waals surface area contributed by atoms with Gasteiger partial charge in [-0.25, -0.2) is 4.79 Å². The van der Waals surface area contributed by atoms with Crippen LogP contribution in [-0.4, -0.2) is 31.7 Å². The average molecular weight is 656 g/mol. The smallest absolute Gasteiger partial charge is 0.416 e. The van der Waals surface area contributed by atoms with Crippen LogP contribution in [-0.2, 0) is 6.18 Å². The standard InChI is InChI=1S/C34H33ClF3N3O5/c1-33(2,3)41-31(42)25-18-22(39-32(43)40-23-15-17-28(44-4)29(19-23)45-5)14-16-27(25)46-30(24-8-6-7-9-26(24)35)20-10-12-21(13-11-20)34(36,37)38/h6-19,30H,1-5H3,(H,41,42)(H2,39,40,43). The molecule has 46 heavy (non-hydrogen) atoms. The third-order valence-corrected chi connectivity index (χ3v) is 6.93. The van der Waals surface area contributed by atoms with Gasteiger partial charge in [0.05, 0.1) is 25.3 Å². The summed E-state index contributed by atoms with van der Waals surface area (Å²) in [4.78, 5) is 26.4. The molecule has 0 bridgehead atoms. The summed E-state index contributed by atoms with van der Waals surface area (Å²) < 4.78 is 56.8. The first-order valence-electron chi connectivity index (χ1n) is 14.0. The van der Waals surface area contributed by atoms with E-state index in [0.29, 0.717) is 33.3 Å². The lowest BCUT2D eigenvalue weighted by molar-refractivity contribution is -0.137. The number of benzene rings is 4. The summed E-state index contributed by atoms with van der Waals surface area (Å²) in [5.74, 6) is 0.517. The number of amides is 3. The van der Waals surface area contributed by atoms with E-state index >= 15 is 0 Å². The lowest BCUT2D eigenvalue weighted by Crippen LogP contribution is -2.40. The highest BCUT2D eigenvalue weighted by atomic mass is 35.5. The molecule has 0 heterocycles. The number of alkyl halides is 3. The Bertz CT molecular complexity index is 1710. The lowest BCUT2D eigenvalue weighted by Gasteiger charge is -2.25. The molecule has 12 heteroatoms. The molecule has 0 fully saturated rings. The van der Waals surface area contributed by atoms with E-state index in [4.69, 9.17) is 25.8 Å². The summed E-state index contributed by atoms with van der Waals surface area (Å²) in [5.41, 5.74) is 0.178. The van der Waals surface area contributed by atoms with Gasteiger partial charge in [0, 0.05) is 33.6 Å². The third-order valence-electron chi connectivity index (χ3n) is 6.59. The van der Waals surface area contributed by atoms with E-state index in [9.17, 15) is 22.8 Å². The van der Waals surface area contributed by atoms with Gasteiger partial charge in [-0.1, -0.05) is 41.9 Å². The number of anilines is 2. The summed E-state index contributed by atoms with van der Waals surface area (Å²) in [7, 11) is 2.97. The van der Waals surface area contributed by atoms with Crippen LogP contribution in [0, 0.1) is 0 Å². The van der Waals surface area contributed by atoms with Gasteiger partial charge in [-0.15, -0.1) is 0 Å². The number of rotatable bonds is 9. The van der Waals surface area contributed by atoms with E-state index < -0.39 is 35.3 Å². The topological polar surface area (TPSA) is 97.9 Å². The highest BCUT2D eigenvalue weighted by molar-refractivity contribution is 6.31. The molecule has 3 N–H and O–H groups in total. The van der Waals surface area contributed by atoms with Gasteiger partial charge in [-0.05, 0) is 74.9 Å². The summed E-state index contributed by atoms with van der Waals surface area (Å²) in [6.07, 6.45) is -5.50. The zero-order chi connectivity index (χ0) is 33.6. The Hall–Kier alpha value is -4.90. The van der Waals surface area contributed by atoms with E-state index in [1.54, 1.807) is 63.2 Å². The van der Waals surface area contributed by atoms with Crippen molar-refractivity contribution in [2.45, 2.75) is 38.6 Å². The molecule has 1 atom stereocenters. The van der Waals surface area contributed by atoms with Crippen LogP contribution in [0.15, 0.2) is 84.9 Å². The Morgan fingerprint density at radius 3 is 1.91 bits per heavy atom. The minimum absolute atomic E-state index is 0.0720. The molecule has 0 aliphatic carbocycles. The molecule has 4 aromatic rings. The maximum atomic E-state index is 13.5. The molecular formula is C34H33ClF3N3O5. The van der Waals surface area contributed by atoms with Gasteiger partial charge in [-0.2, -0.15) is 13.2 Å². The average Bonchev–Trinajstić information content (AvgIpc) is 2.99. The van der Waals surface area contributed by atoms with E-state index in [0.717, 1.165) is 12.1 Å². The Kier molecular flexibility index (Phi) is 10.4. The molecular weight excluding hydrogens is 623 g/mol. The van der Waals surface area contributed by atoms with Crippen LogP contribution < -0.4 is 30.2 Å². The number of carbonyl (C=O) groups is 2. The third kappa shape index (κ3) is 8.63. The van der Waals surface area contributed by atoms with Crippen molar-refractivity contribution in [2.75, 3.05) is 24.9 Å². The maximum absolute atomic E-state index is 13.5. The van der Waals surface area contributed by atoms with Crippen molar-refractivity contribution in [3.8, 4) is 17.2 Å². The SMILES string of the molecule is COc1ccc(NC(=O)Nc2ccc(OC(c3ccc(C(F)(F)F)cc3)c3ccccc3Cl)c(C(=O)NC(C)(C)C)c2)cc1OC. The molecule has 0 saturated heterocycles. The second-order valence-electron chi connectivity index (χ2n) is 11.2. The molecule has 0 saturated carbocycles. The highest BCUT2D eigenvalue weighted by Crippen LogP contribution is 2.37. The maximum Gasteiger partial charge on any atom is 0.416 e. The van der Waals surface area contributed by atoms with E-state index in [-0.39, 0.29) is 17.0 Å². The number of ether oxygens (including phenoxy) is 3. The van der Waals surface area contributed by atoms with Crippen LogP contribution in [0.25, 0.3) is 0 Å². The van der Waals surface area contributed by atoms with Gasteiger partial charge in [0.15, 0.2) is 17.6 Å². The fraction of sp³-hybridized carbons (Fsp3) is 0.235. The molecule has 4 aromatic carbocycles. The summed E-state index contributed by atoms with van der Waals surface area (Å²) >= 11 is 6.50. The Balaban J connectivity index is 1.69. The molecule has 3 amide bonds. The molecule has 0 radical (unpaired) electrons. The normalized spacial score (nSPS) is 12.1. The van der Waals surface area contributed by atoms with Crippen molar-refractivity contribution in [1.82, 2.24) is 5.32 Å². The van der Waals surface area contributed by atoms with Crippen molar-refractivity contribution in [1.29, 1.82) is 0 Å². The molecule has 0 aliphatic rings. The quantitative estimate of drug-likeness (QED) is 0.168. The van der Waals surface area contributed by atoms with Crippen LogP contribution in [0.1, 0.15) is 53.9 Å². The van der Waals surface area contributed by atoms with Crippen molar-refractivity contribution < 1.29 is 37.0 Å². The number of nitrogens with one attached hydrogen (secondary N) is 3. The molecule has 0 aliphatic heterocycles. The van der Waals surface area contributed by atoms with Crippen LogP contribution >= 0.6 is 11.6 Å². The second kappa shape index (κ2) is 14.0. The first kappa shape index (κ1) is 34.0. The molecule has 242 valence electrons. The molecule has 1 unspecified atom stereocenters. The number of hydrogen-bond donors (Lipinski definition) is 3. The van der Waals surface area contributed by atoms with E-state index in [1.807, 2.05) is 0 Å². The number of hydrogen-bond acceptors (Lipinski definition) is 5. The van der Waals surface area contributed by atoms with Crippen LogP contribution in [0.5, 0.6) is 17.2 Å². The highest BCUT2D eigenvalue weighted by Gasteiger charge is 2.31. The van der Waals surface area contributed by atoms with Gasteiger partial charge in [0.2, 0.25) is 0 Å². The number of carbonyl (C=O) groups excluding carboxylic acids is 2. The van der Waals surface area contributed by atoms with Gasteiger partial charge >= 0.3 is 12.2 Å². The zero-order valence-electron chi connectivity index (χ0n) is 25.7. The Morgan fingerprint density at radius 1 is 0.761 bits per heavy atom. The summed E-state index contributed by atoms with van der Waals surface area (Å²) in [5, 5.41) is 8.61. The van der Waals surface area contributed by atoms with E-state index in [1.165, 1.54) is 44.6 Å². The van der Waals surface area contributed by atoms with Gasteiger partial charge < -0.3 is 30.2 Å². The minimum atomic E-state index is -4.52. The molecule has 4 rings (SSSR count). The number of halogens is 4. The predicted octanol–water partition coefficient (Wildman–Crippen LogP) is 8.72. The van der Waals surface area contributed by atoms with Gasteiger partial charge in [-0.3, -0.25) is 4.79 Å². The van der Waals surface area contributed by atoms with Gasteiger partial charge in [0.25, 0.3) is 5.91 Å². The summed E-state index contributed by atoms with van der Waals surface area (Å²) in [6.45, 7) is 5.41. The minimum Gasteiger partial charge on any atom is -0.493 e. The predicted molar refractivity (Wildman–Crippen MR) is 171 cm³/mol. The van der Waals surface area contributed by atoms with Crippen LogP contribution in [0.2, 0.25) is 5.02 Å². The molecule has 8 nitrogen and oxygen atoms in total. The van der Waals surface area contributed by atoms with Crippen molar-refractivity contribution in [2.24, 2.45) is 0 Å². The largest absolute Gasteiger partial charge is 0.493 e. The van der Waals surface area contributed by atoms with E-state index in [2.05, 4.69) is 16.0 Å². The van der Waals surface area contributed by atoms with Gasteiger partial charge in [0.1, 0.15) is 5.75 Å². The molecule has 0 spiro atoms. The summed E-state index contributed by atoms with van der Waals surface area (Å²) in [6, 6.07) is 20.0. The zero-order valence-corrected chi connectivity index (χ0v) is 26.5. The first-order chi connectivity index (χ1) is 21.7. The molecule has 0 aromatic heterocycles. The van der Waals surface area contributed by atoms with Crippen molar-refractivity contribution >= 4 is 34.9 Å². The fourth-order valence-corrected chi connectivity index (χ4v) is 4.71. The monoisotopic (exact) mass is 655 g/mol. The van der Waals surface area contributed by atoms with Crippen molar-refractivity contribution in [3.63, 3.8) is 0 Å². The Labute approximate surface area is 269 Å². The fourth-order valence-electron chi connectivity index (χ4n) is 4.48. The lowest BCUT2D eigenvalue weighted by atomic mass is 9.99. The van der Waals surface area contributed by atoms with Crippen LogP contribution in [0.3, 0.4) is 0 Å². The van der Waals surface area contributed by atoms with Crippen molar-refractivity contribution in [3.05, 3.63) is 112 Å².